The predicted molar refractivity (Wildman–Crippen MR) is 188 cm³/mol. The molecule has 1 saturated carbocycles. The number of hydrogen-bond acceptors (Lipinski definition) is 8. The van der Waals surface area contributed by atoms with Gasteiger partial charge in [-0.2, -0.15) is 0 Å². The van der Waals surface area contributed by atoms with E-state index in [9.17, 15) is 19.5 Å². The molecule has 3 aliphatic rings. The molecule has 2 bridgehead atoms. The van der Waals surface area contributed by atoms with Crippen LogP contribution in [-0.2, 0) is 19.9 Å². The van der Waals surface area contributed by atoms with Gasteiger partial charge < -0.3 is 14.6 Å². The van der Waals surface area contributed by atoms with Gasteiger partial charge in [0.25, 0.3) is 0 Å². The molecular formula is C42H33N3O6. The molecule has 2 aliphatic carbocycles. The van der Waals surface area contributed by atoms with Gasteiger partial charge in [-0.3, -0.25) is 19.6 Å². The zero-order valence-corrected chi connectivity index (χ0v) is 27.6. The third-order valence-electron chi connectivity index (χ3n) is 10.2. The summed E-state index contributed by atoms with van der Waals surface area (Å²) in [4.78, 5) is 52.4. The predicted octanol–water partition coefficient (Wildman–Crippen LogP) is 5.82. The Labute approximate surface area is 294 Å². The molecule has 1 N–H and O–H groups in total. The zero-order chi connectivity index (χ0) is 35.1. The molecule has 3 aromatic carbocycles. The summed E-state index contributed by atoms with van der Waals surface area (Å²) in [5.74, 6) is -4.25. The van der Waals surface area contributed by atoms with Crippen LogP contribution in [0.25, 0.3) is 5.57 Å². The van der Waals surface area contributed by atoms with E-state index in [1.54, 1.807) is 48.8 Å². The average Bonchev–Trinajstić information content (AvgIpc) is 3.81. The van der Waals surface area contributed by atoms with Crippen LogP contribution in [0, 0.1) is 23.7 Å². The van der Waals surface area contributed by atoms with E-state index in [0.29, 0.717) is 28.3 Å². The molecule has 5 aromatic rings. The zero-order valence-electron chi connectivity index (χ0n) is 27.6. The summed E-state index contributed by atoms with van der Waals surface area (Å²) in [6.45, 7) is -0.551. The standard InChI is InChI=1S/C42H33N3O6/c1-50-32-20-9-8-18-28(32)41(48)51-25-45-39(46)36-29-24-30(42(49,27-16-6-3-7-17-27)33-21-11-13-23-44-33)37(38(36)40(45)47)35(29)34(26-14-4-2-5-15-26)31-19-10-12-22-43-31/h2-24,29,36-38,49H,25H2,1H3. The van der Waals surface area contributed by atoms with E-state index >= 15 is 0 Å². The van der Waals surface area contributed by atoms with Crippen LogP contribution in [-0.4, -0.2) is 51.6 Å². The largest absolute Gasteiger partial charge is 0.496 e. The van der Waals surface area contributed by atoms with Gasteiger partial charge >= 0.3 is 5.97 Å². The van der Waals surface area contributed by atoms with Gasteiger partial charge in [-0.05, 0) is 58.7 Å². The molecule has 2 fully saturated rings. The van der Waals surface area contributed by atoms with Gasteiger partial charge in [0, 0.05) is 29.8 Å². The quantitative estimate of drug-likeness (QED) is 0.118. The number of amides is 2. The fraction of sp³-hybridized carbons (Fsp3) is 0.167. The summed E-state index contributed by atoms with van der Waals surface area (Å²) in [7, 11) is 1.45. The van der Waals surface area contributed by atoms with Crippen LogP contribution in [0.4, 0.5) is 0 Å². The third-order valence-corrected chi connectivity index (χ3v) is 10.2. The van der Waals surface area contributed by atoms with Crippen molar-refractivity contribution in [1.29, 1.82) is 0 Å². The molecule has 3 heterocycles. The van der Waals surface area contributed by atoms with E-state index < -0.39 is 53.8 Å². The van der Waals surface area contributed by atoms with E-state index in [1.165, 1.54) is 7.11 Å². The van der Waals surface area contributed by atoms with Crippen molar-refractivity contribution >= 4 is 23.4 Å². The fourth-order valence-corrected chi connectivity index (χ4v) is 8.05. The number of allylic oxidation sites excluding steroid dienone is 2. The summed E-state index contributed by atoms with van der Waals surface area (Å²) in [5.41, 5.74) is 3.18. The molecule has 5 unspecified atom stereocenters. The van der Waals surface area contributed by atoms with E-state index in [0.717, 1.165) is 21.6 Å². The second-order valence-electron chi connectivity index (χ2n) is 12.7. The van der Waals surface area contributed by atoms with Crippen molar-refractivity contribution in [2.24, 2.45) is 23.7 Å². The van der Waals surface area contributed by atoms with E-state index in [-0.39, 0.29) is 5.56 Å². The minimum atomic E-state index is -1.74. The van der Waals surface area contributed by atoms with Crippen LogP contribution < -0.4 is 4.74 Å². The lowest BCUT2D eigenvalue weighted by Crippen LogP contribution is -2.39. The number of fused-ring (bicyclic) bond motifs is 5. The van der Waals surface area contributed by atoms with Crippen LogP contribution >= 0.6 is 0 Å². The number of carbonyl (C=O) groups excluding carboxylic acids is 3. The number of aromatic nitrogens is 2. The summed E-state index contributed by atoms with van der Waals surface area (Å²) < 4.78 is 10.9. The number of para-hydroxylation sites is 1. The van der Waals surface area contributed by atoms with Crippen LogP contribution in [0.1, 0.15) is 32.9 Å². The SMILES string of the molecule is COc1ccccc1C(=O)OCN1C(=O)C2C3C=C(C(O)(c4ccccc4)c4ccccn4)C(C3=C(c3ccccc3)c3ccccn3)C2C1=O. The first-order valence-corrected chi connectivity index (χ1v) is 16.7. The molecule has 1 saturated heterocycles. The Morgan fingerprint density at radius 1 is 0.784 bits per heavy atom. The lowest BCUT2D eigenvalue weighted by atomic mass is 9.71. The Bertz CT molecular complexity index is 2110. The number of esters is 1. The van der Waals surface area contributed by atoms with Crippen molar-refractivity contribution < 1.29 is 29.0 Å². The number of aliphatic hydroxyl groups is 1. The Kier molecular flexibility index (Phi) is 8.12. The Hall–Kier alpha value is -6.19. The first-order chi connectivity index (χ1) is 24.9. The van der Waals surface area contributed by atoms with E-state index in [1.807, 2.05) is 91.0 Å². The molecule has 5 atom stereocenters. The average molecular weight is 676 g/mol. The second kappa shape index (κ2) is 12.9. The highest BCUT2D eigenvalue weighted by atomic mass is 16.5. The smallest absolute Gasteiger partial charge is 0.343 e. The first kappa shape index (κ1) is 32.0. The van der Waals surface area contributed by atoms with Gasteiger partial charge in [-0.15, -0.1) is 0 Å². The summed E-state index contributed by atoms with van der Waals surface area (Å²) >= 11 is 0. The molecule has 0 spiro atoms. The normalized spacial score (nSPS) is 22.6. The van der Waals surface area contributed by atoms with Crippen LogP contribution in [0.2, 0.25) is 0 Å². The van der Waals surface area contributed by atoms with Crippen LogP contribution in [0.3, 0.4) is 0 Å². The van der Waals surface area contributed by atoms with Gasteiger partial charge in [-0.25, -0.2) is 9.69 Å². The van der Waals surface area contributed by atoms with E-state index in [2.05, 4.69) is 4.98 Å². The maximum absolute atomic E-state index is 14.6. The number of imide groups is 1. The number of methoxy groups -OCH3 is 1. The number of likely N-dealkylation sites (tertiary alicyclic amines) is 1. The monoisotopic (exact) mass is 675 g/mol. The molecule has 2 amide bonds. The van der Waals surface area contributed by atoms with Crippen molar-refractivity contribution in [3.8, 4) is 5.75 Å². The number of rotatable bonds is 9. The summed E-state index contributed by atoms with van der Waals surface area (Å²) in [6, 6.07) is 36.6. The minimum Gasteiger partial charge on any atom is -0.496 e. The van der Waals surface area contributed by atoms with Gasteiger partial charge in [0.2, 0.25) is 11.8 Å². The number of nitrogens with zero attached hydrogens (tertiary/aromatic N) is 3. The number of ether oxygens (including phenoxy) is 2. The lowest BCUT2D eigenvalue weighted by molar-refractivity contribution is -0.144. The minimum absolute atomic E-state index is 0.180. The highest BCUT2D eigenvalue weighted by molar-refractivity contribution is 6.08. The first-order valence-electron chi connectivity index (χ1n) is 16.7. The van der Waals surface area contributed by atoms with E-state index in [4.69, 9.17) is 14.5 Å². The van der Waals surface area contributed by atoms with Crippen molar-refractivity contribution in [2.75, 3.05) is 13.8 Å². The number of carbonyl (C=O) groups is 3. The number of hydrogen-bond donors (Lipinski definition) is 1. The van der Waals surface area contributed by atoms with Crippen LogP contribution in [0.15, 0.2) is 151 Å². The molecule has 51 heavy (non-hydrogen) atoms. The van der Waals surface area contributed by atoms with Crippen molar-refractivity contribution in [1.82, 2.24) is 14.9 Å². The number of benzene rings is 3. The van der Waals surface area contributed by atoms with Crippen molar-refractivity contribution in [2.45, 2.75) is 5.60 Å². The molecule has 8 rings (SSSR count). The number of pyridine rings is 2. The van der Waals surface area contributed by atoms with Gasteiger partial charge in [0.15, 0.2) is 12.3 Å². The third kappa shape index (κ3) is 5.16. The summed E-state index contributed by atoms with van der Waals surface area (Å²) in [6.07, 6.45) is 5.29. The molecule has 0 radical (unpaired) electrons. The fourth-order valence-electron chi connectivity index (χ4n) is 8.05. The molecule has 252 valence electrons. The van der Waals surface area contributed by atoms with Gasteiger partial charge in [-0.1, -0.05) is 91.0 Å². The summed E-state index contributed by atoms with van der Waals surface area (Å²) in [5, 5.41) is 13.0. The Balaban J connectivity index is 1.27. The Morgan fingerprint density at radius 3 is 2.12 bits per heavy atom. The molecule has 9 nitrogen and oxygen atoms in total. The topological polar surface area (TPSA) is 119 Å². The maximum Gasteiger partial charge on any atom is 0.343 e. The molecule has 9 heteroatoms. The lowest BCUT2D eigenvalue weighted by Gasteiger charge is -2.36. The highest BCUT2D eigenvalue weighted by Crippen LogP contribution is 2.64. The Morgan fingerprint density at radius 2 is 1.43 bits per heavy atom. The van der Waals surface area contributed by atoms with Gasteiger partial charge in [0.1, 0.15) is 11.3 Å². The second-order valence-corrected chi connectivity index (χ2v) is 12.7. The van der Waals surface area contributed by atoms with Crippen molar-refractivity contribution in [3.63, 3.8) is 0 Å². The molecule has 1 aliphatic heterocycles. The highest BCUT2D eigenvalue weighted by Gasteiger charge is 2.67. The van der Waals surface area contributed by atoms with Crippen LogP contribution in [0.5, 0.6) is 5.75 Å². The van der Waals surface area contributed by atoms with Gasteiger partial charge in [0.05, 0.1) is 30.3 Å². The maximum atomic E-state index is 14.6. The van der Waals surface area contributed by atoms with Crippen molar-refractivity contribution in [3.05, 3.63) is 179 Å². The molecule has 2 aromatic heterocycles. The molecular weight excluding hydrogens is 642 g/mol.